The zero-order valence-electron chi connectivity index (χ0n) is 15.9. The summed E-state index contributed by atoms with van der Waals surface area (Å²) in [6.45, 7) is 2.53. The zero-order valence-corrected chi connectivity index (χ0v) is 18.0. The Morgan fingerprint density at radius 1 is 1.03 bits per heavy atom. The van der Waals surface area contributed by atoms with Gasteiger partial charge in [-0.05, 0) is 83.1 Å². The fourth-order valence-electron chi connectivity index (χ4n) is 2.56. The van der Waals surface area contributed by atoms with Crippen LogP contribution in [0.25, 0.3) is 6.08 Å². The third-order valence-corrected chi connectivity index (χ3v) is 4.90. The highest BCUT2D eigenvalue weighted by atomic mass is 127. The molecule has 0 saturated heterocycles. The molecular weight excluding hydrogens is 475 g/mol. The second-order valence-electron chi connectivity index (χ2n) is 6.47. The van der Waals surface area contributed by atoms with Crippen molar-refractivity contribution in [3.63, 3.8) is 0 Å². The van der Waals surface area contributed by atoms with Crippen LogP contribution in [0.2, 0.25) is 0 Å². The second kappa shape index (κ2) is 9.89. The average Bonchev–Trinajstić information content (AvgIpc) is 2.74. The van der Waals surface area contributed by atoms with Crippen molar-refractivity contribution >= 4 is 40.3 Å². The summed E-state index contributed by atoms with van der Waals surface area (Å²) in [7, 11) is 0. The third kappa shape index (κ3) is 6.19. The minimum atomic E-state index is -0.437. The number of carbonyl (C=O) groups is 1. The molecule has 0 aromatic heterocycles. The summed E-state index contributed by atoms with van der Waals surface area (Å²) in [5, 5.41) is 12.1. The van der Waals surface area contributed by atoms with Gasteiger partial charge in [0, 0.05) is 9.26 Å². The van der Waals surface area contributed by atoms with Crippen LogP contribution in [0.4, 0.5) is 5.69 Å². The van der Waals surface area contributed by atoms with Gasteiger partial charge in [0.1, 0.15) is 24.0 Å². The summed E-state index contributed by atoms with van der Waals surface area (Å²) < 4.78 is 6.86. The van der Waals surface area contributed by atoms with Gasteiger partial charge in [-0.2, -0.15) is 5.26 Å². The van der Waals surface area contributed by atoms with Crippen molar-refractivity contribution in [1.29, 1.82) is 5.26 Å². The van der Waals surface area contributed by atoms with E-state index in [1.807, 2.05) is 61.5 Å². The number of amides is 1. The fourth-order valence-corrected chi connectivity index (χ4v) is 2.92. The minimum absolute atomic E-state index is 0.0388. The Kier molecular flexibility index (Phi) is 7.04. The molecule has 144 valence electrons. The molecule has 0 saturated carbocycles. The molecule has 3 rings (SSSR count). The van der Waals surface area contributed by atoms with Gasteiger partial charge in [-0.1, -0.05) is 42.0 Å². The number of ether oxygens (including phenoxy) is 1. The standard InChI is InChI=1S/C24H19IN2O2/c1-17-2-4-19(5-3-17)16-29-23-12-6-18(7-13-23)14-20(15-26)24(28)27-22-10-8-21(25)9-11-22/h2-14H,16H2,1H3,(H,27,28)/b20-14+. The average molecular weight is 494 g/mol. The number of halogens is 1. The molecule has 0 aliphatic heterocycles. The lowest BCUT2D eigenvalue weighted by molar-refractivity contribution is -0.112. The van der Waals surface area contributed by atoms with Crippen LogP contribution in [0, 0.1) is 21.8 Å². The maximum absolute atomic E-state index is 12.4. The zero-order chi connectivity index (χ0) is 20.6. The maximum Gasteiger partial charge on any atom is 0.266 e. The van der Waals surface area contributed by atoms with Gasteiger partial charge in [0.05, 0.1) is 0 Å². The van der Waals surface area contributed by atoms with E-state index in [9.17, 15) is 10.1 Å². The molecule has 0 heterocycles. The molecule has 1 N–H and O–H groups in total. The van der Waals surface area contributed by atoms with E-state index in [0.717, 1.165) is 20.4 Å². The SMILES string of the molecule is Cc1ccc(COc2ccc(/C=C(\C#N)C(=O)Nc3ccc(I)cc3)cc2)cc1. The van der Waals surface area contributed by atoms with Gasteiger partial charge in [0.15, 0.2) is 0 Å². The maximum atomic E-state index is 12.4. The Morgan fingerprint density at radius 3 is 2.31 bits per heavy atom. The van der Waals surface area contributed by atoms with Crippen molar-refractivity contribution in [2.45, 2.75) is 13.5 Å². The Balaban J connectivity index is 1.63. The van der Waals surface area contributed by atoms with E-state index in [1.165, 1.54) is 5.56 Å². The van der Waals surface area contributed by atoms with Crippen LogP contribution < -0.4 is 10.1 Å². The van der Waals surface area contributed by atoms with Gasteiger partial charge in [-0.25, -0.2) is 0 Å². The highest BCUT2D eigenvalue weighted by molar-refractivity contribution is 14.1. The molecule has 3 aromatic carbocycles. The first-order valence-electron chi connectivity index (χ1n) is 9.00. The number of anilines is 1. The molecule has 0 aliphatic carbocycles. The van der Waals surface area contributed by atoms with Crippen LogP contribution in [0.5, 0.6) is 5.75 Å². The van der Waals surface area contributed by atoms with Gasteiger partial charge in [-0.3, -0.25) is 4.79 Å². The van der Waals surface area contributed by atoms with Crippen LogP contribution in [0.15, 0.2) is 78.4 Å². The van der Waals surface area contributed by atoms with E-state index in [4.69, 9.17) is 4.74 Å². The molecule has 0 fully saturated rings. The second-order valence-corrected chi connectivity index (χ2v) is 7.72. The first-order chi connectivity index (χ1) is 14.0. The molecule has 0 unspecified atom stereocenters. The van der Waals surface area contributed by atoms with Crippen LogP contribution in [-0.4, -0.2) is 5.91 Å². The van der Waals surface area contributed by atoms with Crippen molar-refractivity contribution in [3.8, 4) is 11.8 Å². The summed E-state index contributed by atoms with van der Waals surface area (Å²) in [5.74, 6) is 0.290. The first-order valence-corrected chi connectivity index (χ1v) is 10.1. The largest absolute Gasteiger partial charge is 0.489 e. The molecule has 0 spiro atoms. The van der Waals surface area contributed by atoms with Crippen molar-refractivity contribution < 1.29 is 9.53 Å². The molecule has 3 aromatic rings. The van der Waals surface area contributed by atoms with Gasteiger partial charge in [-0.15, -0.1) is 0 Å². The van der Waals surface area contributed by atoms with Crippen molar-refractivity contribution in [1.82, 2.24) is 0 Å². The topological polar surface area (TPSA) is 62.1 Å². The van der Waals surface area contributed by atoms with E-state index in [2.05, 4.69) is 40.0 Å². The number of aryl methyl sites for hydroxylation is 1. The predicted molar refractivity (Wildman–Crippen MR) is 123 cm³/mol. The van der Waals surface area contributed by atoms with E-state index in [0.29, 0.717) is 12.3 Å². The molecule has 0 radical (unpaired) electrons. The molecule has 0 bridgehead atoms. The lowest BCUT2D eigenvalue weighted by atomic mass is 10.1. The van der Waals surface area contributed by atoms with Crippen molar-refractivity contribution in [2.24, 2.45) is 0 Å². The number of benzene rings is 3. The molecule has 0 atom stereocenters. The highest BCUT2D eigenvalue weighted by Gasteiger charge is 2.09. The van der Waals surface area contributed by atoms with Gasteiger partial charge < -0.3 is 10.1 Å². The smallest absolute Gasteiger partial charge is 0.266 e. The molecule has 1 amide bonds. The minimum Gasteiger partial charge on any atom is -0.489 e. The lowest BCUT2D eigenvalue weighted by Crippen LogP contribution is -2.13. The number of nitriles is 1. The number of nitrogens with one attached hydrogen (secondary N) is 1. The van der Waals surface area contributed by atoms with E-state index in [-0.39, 0.29) is 5.57 Å². The molecule has 0 aliphatic rings. The van der Waals surface area contributed by atoms with E-state index >= 15 is 0 Å². The quantitative estimate of drug-likeness (QED) is 0.271. The summed E-state index contributed by atoms with van der Waals surface area (Å²) in [6.07, 6.45) is 1.56. The number of hydrogen-bond acceptors (Lipinski definition) is 3. The van der Waals surface area contributed by atoms with Crippen molar-refractivity contribution in [3.05, 3.63) is 98.6 Å². The molecule has 5 heteroatoms. The fraction of sp³-hybridized carbons (Fsp3) is 0.0833. The molecular formula is C24H19IN2O2. The molecule has 4 nitrogen and oxygen atoms in total. The Bertz CT molecular complexity index is 1050. The van der Waals surface area contributed by atoms with E-state index in [1.54, 1.807) is 18.2 Å². The third-order valence-electron chi connectivity index (χ3n) is 4.18. The summed E-state index contributed by atoms with van der Waals surface area (Å²) >= 11 is 2.19. The van der Waals surface area contributed by atoms with Crippen LogP contribution in [0.3, 0.4) is 0 Å². The Hall–Kier alpha value is -3.11. The number of nitrogens with zero attached hydrogens (tertiary/aromatic N) is 1. The Morgan fingerprint density at radius 2 is 1.69 bits per heavy atom. The number of carbonyl (C=O) groups excluding carboxylic acids is 1. The van der Waals surface area contributed by atoms with Crippen molar-refractivity contribution in [2.75, 3.05) is 5.32 Å². The predicted octanol–water partition coefficient (Wildman–Crippen LogP) is 5.72. The van der Waals surface area contributed by atoms with Crippen LogP contribution >= 0.6 is 22.6 Å². The normalized spacial score (nSPS) is 10.9. The van der Waals surface area contributed by atoms with Gasteiger partial charge in [0.25, 0.3) is 5.91 Å². The van der Waals surface area contributed by atoms with Gasteiger partial charge in [0.2, 0.25) is 0 Å². The van der Waals surface area contributed by atoms with Crippen LogP contribution in [-0.2, 0) is 11.4 Å². The molecule has 29 heavy (non-hydrogen) atoms. The summed E-state index contributed by atoms with van der Waals surface area (Å²) in [6, 6.07) is 24.8. The monoisotopic (exact) mass is 494 g/mol. The van der Waals surface area contributed by atoms with E-state index < -0.39 is 5.91 Å². The highest BCUT2D eigenvalue weighted by Crippen LogP contribution is 2.17. The number of hydrogen-bond donors (Lipinski definition) is 1. The first kappa shape index (κ1) is 20.6. The Labute approximate surface area is 184 Å². The summed E-state index contributed by atoms with van der Waals surface area (Å²) in [4.78, 5) is 12.4. The summed E-state index contributed by atoms with van der Waals surface area (Å²) in [5.41, 5.74) is 3.75. The number of rotatable bonds is 6. The van der Waals surface area contributed by atoms with Gasteiger partial charge >= 0.3 is 0 Å². The van der Waals surface area contributed by atoms with Crippen LogP contribution in [0.1, 0.15) is 16.7 Å². The lowest BCUT2D eigenvalue weighted by Gasteiger charge is -2.07.